The van der Waals surface area contributed by atoms with Crippen molar-refractivity contribution in [3.05, 3.63) is 29.5 Å². The van der Waals surface area contributed by atoms with Crippen LogP contribution < -0.4 is 20.7 Å². The predicted molar refractivity (Wildman–Crippen MR) is 78.8 cm³/mol. The number of carboxylic acid groups (broad SMARTS) is 1. The predicted octanol–water partition coefficient (Wildman–Crippen LogP) is 1.91. The van der Waals surface area contributed by atoms with E-state index in [1.165, 1.54) is 18.9 Å². The summed E-state index contributed by atoms with van der Waals surface area (Å²) in [5.74, 6) is 5.33. The van der Waals surface area contributed by atoms with E-state index in [1.54, 1.807) is 25.3 Å². The summed E-state index contributed by atoms with van der Waals surface area (Å²) in [7, 11) is 1.58. The molecule has 6 nitrogen and oxygen atoms in total. The quantitative estimate of drug-likeness (QED) is 0.421. The van der Waals surface area contributed by atoms with Gasteiger partial charge >= 0.3 is 5.97 Å². The zero-order chi connectivity index (χ0) is 15.2. The summed E-state index contributed by atoms with van der Waals surface area (Å²) in [6.07, 6.45) is 6.06. The SMILES string of the molecule is COc1ccc(C=C(NN)C(=O)O)cc1OC1CCCC1. The largest absolute Gasteiger partial charge is 0.493 e. The molecule has 114 valence electrons. The van der Waals surface area contributed by atoms with Gasteiger partial charge in [-0.15, -0.1) is 0 Å². The second-order valence-corrected chi connectivity index (χ2v) is 4.94. The van der Waals surface area contributed by atoms with Gasteiger partial charge in [0.15, 0.2) is 11.5 Å². The van der Waals surface area contributed by atoms with E-state index < -0.39 is 5.97 Å². The van der Waals surface area contributed by atoms with E-state index in [2.05, 4.69) is 5.43 Å². The highest BCUT2D eigenvalue weighted by molar-refractivity contribution is 5.91. The molecule has 1 aliphatic carbocycles. The lowest BCUT2D eigenvalue weighted by Gasteiger charge is -2.16. The van der Waals surface area contributed by atoms with Crippen molar-refractivity contribution in [1.29, 1.82) is 0 Å². The minimum atomic E-state index is -1.12. The Kier molecular flexibility index (Phi) is 5.05. The van der Waals surface area contributed by atoms with Crippen LogP contribution in [-0.2, 0) is 4.79 Å². The lowest BCUT2D eigenvalue weighted by molar-refractivity contribution is -0.133. The monoisotopic (exact) mass is 292 g/mol. The van der Waals surface area contributed by atoms with Gasteiger partial charge in [0, 0.05) is 0 Å². The fourth-order valence-electron chi connectivity index (χ4n) is 2.39. The van der Waals surface area contributed by atoms with Crippen molar-refractivity contribution in [3.8, 4) is 11.5 Å². The van der Waals surface area contributed by atoms with Crippen LogP contribution in [0, 0.1) is 0 Å². The van der Waals surface area contributed by atoms with E-state index in [9.17, 15) is 4.79 Å². The number of aliphatic carboxylic acids is 1. The maximum absolute atomic E-state index is 11.0. The van der Waals surface area contributed by atoms with E-state index in [0.29, 0.717) is 17.1 Å². The average molecular weight is 292 g/mol. The fourth-order valence-corrected chi connectivity index (χ4v) is 2.39. The summed E-state index contributed by atoms with van der Waals surface area (Å²) in [6.45, 7) is 0. The van der Waals surface area contributed by atoms with Crippen LogP contribution >= 0.6 is 0 Å². The van der Waals surface area contributed by atoms with Gasteiger partial charge in [-0.25, -0.2) is 4.79 Å². The van der Waals surface area contributed by atoms with Crippen LogP contribution in [0.15, 0.2) is 23.9 Å². The lowest BCUT2D eigenvalue weighted by Crippen LogP contribution is -2.26. The minimum Gasteiger partial charge on any atom is -0.493 e. The topological polar surface area (TPSA) is 93.8 Å². The maximum Gasteiger partial charge on any atom is 0.353 e. The molecule has 2 rings (SSSR count). The number of hydrogen-bond acceptors (Lipinski definition) is 5. The van der Waals surface area contributed by atoms with Crippen LogP contribution in [0.3, 0.4) is 0 Å². The van der Waals surface area contributed by atoms with Crippen molar-refractivity contribution in [2.45, 2.75) is 31.8 Å². The van der Waals surface area contributed by atoms with Crippen molar-refractivity contribution >= 4 is 12.0 Å². The van der Waals surface area contributed by atoms with Gasteiger partial charge in [0.25, 0.3) is 0 Å². The van der Waals surface area contributed by atoms with Crippen LogP contribution in [-0.4, -0.2) is 24.3 Å². The van der Waals surface area contributed by atoms with Gasteiger partial charge in [-0.05, 0) is 49.5 Å². The first kappa shape index (κ1) is 15.2. The molecule has 1 aromatic rings. The Balaban J connectivity index is 2.25. The number of benzene rings is 1. The minimum absolute atomic E-state index is 0.0908. The number of nitrogens with two attached hydrogens (primary N) is 1. The molecule has 1 fully saturated rings. The summed E-state index contributed by atoms with van der Waals surface area (Å²) in [4.78, 5) is 11.0. The van der Waals surface area contributed by atoms with Gasteiger partial charge in [0.1, 0.15) is 5.70 Å². The Labute approximate surface area is 123 Å². The molecular formula is C15H20N2O4. The molecule has 1 saturated carbocycles. The van der Waals surface area contributed by atoms with E-state index in [1.807, 2.05) is 0 Å². The molecule has 1 aromatic carbocycles. The average Bonchev–Trinajstić information content (AvgIpc) is 2.97. The van der Waals surface area contributed by atoms with Gasteiger partial charge < -0.3 is 20.0 Å². The molecule has 0 radical (unpaired) electrons. The lowest BCUT2D eigenvalue weighted by atomic mass is 10.1. The van der Waals surface area contributed by atoms with Crippen molar-refractivity contribution in [2.75, 3.05) is 7.11 Å². The second-order valence-electron chi connectivity index (χ2n) is 4.94. The Bertz CT molecular complexity index is 536. The van der Waals surface area contributed by atoms with Gasteiger partial charge in [-0.1, -0.05) is 6.07 Å². The summed E-state index contributed by atoms with van der Waals surface area (Å²) in [6, 6.07) is 5.27. The smallest absolute Gasteiger partial charge is 0.353 e. The molecule has 0 aromatic heterocycles. The highest BCUT2D eigenvalue weighted by Crippen LogP contribution is 2.32. The summed E-state index contributed by atoms with van der Waals surface area (Å²) < 4.78 is 11.2. The Morgan fingerprint density at radius 1 is 1.38 bits per heavy atom. The normalized spacial score (nSPS) is 15.8. The molecule has 0 bridgehead atoms. The summed E-state index contributed by atoms with van der Waals surface area (Å²) in [5, 5.41) is 8.97. The van der Waals surface area contributed by atoms with Gasteiger partial charge in [0.05, 0.1) is 13.2 Å². The molecule has 0 unspecified atom stereocenters. The Morgan fingerprint density at radius 3 is 2.67 bits per heavy atom. The molecular weight excluding hydrogens is 272 g/mol. The molecule has 6 heteroatoms. The highest BCUT2D eigenvalue weighted by atomic mass is 16.5. The van der Waals surface area contributed by atoms with Gasteiger partial charge in [0.2, 0.25) is 0 Å². The Hall–Kier alpha value is -2.21. The van der Waals surface area contributed by atoms with Gasteiger partial charge in [-0.2, -0.15) is 0 Å². The van der Waals surface area contributed by atoms with Crippen molar-refractivity contribution in [1.82, 2.24) is 5.43 Å². The first-order chi connectivity index (χ1) is 10.1. The molecule has 0 saturated heterocycles. The van der Waals surface area contributed by atoms with Crippen LogP contribution in [0.25, 0.3) is 6.08 Å². The number of ether oxygens (including phenoxy) is 2. The van der Waals surface area contributed by atoms with Crippen molar-refractivity contribution in [2.24, 2.45) is 5.84 Å². The third kappa shape index (κ3) is 3.88. The molecule has 0 atom stereocenters. The van der Waals surface area contributed by atoms with Gasteiger partial charge in [-0.3, -0.25) is 5.84 Å². The number of nitrogens with one attached hydrogen (secondary N) is 1. The molecule has 0 heterocycles. The van der Waals surface area contributed by atoms with Crippen molar-refractivity contribution in [3.63, 3.8) is 0 Å². The number of carbonyl (C=O) groups is 1. The summed E-state index contributed by atoms with van der Waals surface area (Å²) in [5.41, 5.74) is 2.75. The van der Waals surface area contributed by atoms with Crippen LogP contribution in [0.1, 0.15) is 31.2 Å². The third-order valence-electron chi connectivity index (χ3n) is 3.48. The zero-order valence-electron chi connectivity index (χ0n) is 12.0. The summed E-state index contributed by atoms with van der Waals surface area (Å²) >= 11 is 0. The highest BCUT2D eigenvalue weighted by Gasteiger charge is 2.18. The standard InChI is InChI=1S/C15H20N2O4/c1-20-13-7-6-10(8-12(17-16)15(18)19)9-14(13)21-11-4-2-3-5-11/h6-9,11,17H,2-5,16H2,1H3,(H,18,19). The number of carboxylic acids is 1. The van der Waals surface area contributed by atoms with Crippen LogP contribution in [0.2, 0.25) is 0 Å². The second kappa shape index (κ2) is 6.99. The number of hydrogen-bond donors (Lipinski definition) is 3. The number of rotatable bonds is 6. The molecule has 21 heavy (non-hydrogen) atoms. The molecule has 0 aliphatic heterocycles. The number of methoxy groups -OCH3 is 1. The molecule has 4 N–H and O–H groups in total. The van der Waals surface area contributed by atoms with Crippen LogP contribution in [0.4, 0.5) is 0 Å². The zero-order valence-corrected chi connectivity index (χ0v) is 12.0. The fraction of sp³-hybridized carbons (Fsp3) is 0.400. The molecule has 0 amide bonds. The van der Waals surface area contributed by atoms with Crippen molar-refractivity contribution < 1.29 is 19.4 Å². The van der Waals surface area contributed by atoms with E-state index in [4.69, 9.17) is 20.4 Å². The molecule has 1 aliphatic rings. The van der Waals surface area contributed by atoms with Crippen LogP contribution in [0.5, 0.6) is 11.5 Å². The third-order valence-corrected chi connectivity index (χ3v) is 3.48. The number of hydrazine groups is 1. The maximum atomic E-state index is 11.0. The first-order valence-electron chi connectivity index (χ1n) is 6.90. The van der Waals surface area contributed by atoms with E-state index in [-0.39, 0.29) is 11.8 Å². The Morgan fingerprint density at radius 2 is 2.10 bits per heavy atom. The molecule has 0 spiro atoms. The van der Waals surface area contributed by atoms with E-state index in [0.717, 1.165) is 12.8 Å². The first-order valence-corrected chi connectivity index (χ1v) is 6.90. The van der Waals surface area contributed by atoms with E-state index >= 15 is 0 Å².